The average molecular weight is 137 g/mol. The minimum absolute atomic E-state index is 0.849. The first-order valence-electron chi connectivity index (χ1n) is 2.97. The Labute approximate surface area is 53.7 Å². The monoisotopic (exact) mass is 136 g/mol. The van der Waals surface area contributed by atoms with Crippen molar-refractivity contribution in [1.82, 2.24) is 0 Å². The summed E-state index contributed by atoms with van der Waals surface area (Å²) in [7, 11) is 1.36. The summed E-state index contributed by atoms with van der Waals surface area (Å²) in [6.07, 6.45) is 3.95. The summed E-state index contributed by atoms with van der Waals surface area (Å²) in [4.78, 5) is 0. The molecule has 0 N–H and O–H groups in total. The van der Waals surface area contributed by atoms with Gasteiger partial charge >= 0.3 is 0 Å². The average Bonchev–Trinajstić information content (AvgIpc) is 1.69. The van der Waals surface area contributed by atoms with Crippen LogP contribution >= 0.6 is 11.6 Å². The molecule has 2 heteroatoms. The van der Waals surface area contributed by atoms with Crippen LogP contribution in [0.5, 0.6) is 0 Å². The molecule has 0 bridgehead atoms. The van der Waals surface area contributed by atoms with Gasteiger partial charge in [-0.15, -0.1) is 11.6 Å². The standard InChI is InChI=1S/C5H13ClSi/c6-4-2-1-3-5-7/h1-5H2,7H3. The summed E-state index contributed by atoms with van der Waals surface area (Å²) in [5.74, 6) is 0.849. The number of hydrogen-bond donors (Lipinski definition) is 0. The minimum atomic E-state index is 0.849. The molecule has 0 nitrogen and oxygen atoms in total. The summed E-state index contributed by atoms with van der Waals surface area (Å²) in [6, 6.07) is 1.44. The Kier molecular flexibility index (Phi) is 6.98. The zero-order valence-corrected chi connectivity index (χ0v) is 7.67. The molecule has 44 valence electrons. The molecule has 0 fully saturated rings. The van der Waals surface area contributed by atoms with Crippen molar-refractivity contribution < 1.29 is 0 Å². The third-order valence-electron chi connectivity index (χ3n) is 0.987. The summed E-state index contributed by atoms with van der Waals surface area (Å²) in [6.45, 7) is 0. The first-order chi connectivity index (χ1) is 3.41. The Morgan fingerprint density at radius 2 is 1.86 bits per heavy atom. The zero-order valence-electron chi connectivity index (χ0n) is 4.91. The van der Waals surface area contributed by atoms with Crippen molar-refractivity contribution in [2.24, 2.45) is 0 Å². The van der Waals surface area contributed by atoms with Crippen molar-refractivity contribution in [1.29, 1.82) is 0 Å². The molecule has 0 atom stereocenters. The second-order valence-corrected chi connectivity index (χ2v) is 3.13. The highest BCUT2D eigenvalue weighted by Gasteiger charge is 1.81. The molecule has 0 saturated heterocycles. The maximum absolute atomic E-state index is 5.45. The second kappa shape index (κ2) is 6.51. The Bertz CT molecular complexity index is 27.3. The molecule has 0 aromatic carbocycles. The van der Waals surface area contributed by atoms with Gasteiger partial charge in [0.15, 0.2) is 0 Å². The van der Waals surface area contributed by atoms with Gasteiger partial charge in [0.05, 0.1) is 0 Å². The van der Waals surface area contributed by atoms with Gasteiger partial charge in [-0.1, -0.05) is 18.9 Å². The summed E-state index contributed by atoms with van der Waals surface area (Å²) < 4.78 is 0. The van der Waals surface area contributed by atoms with E-state index in [1.807, 2.05) is 0 Å². The predicted molar refractivity (Wildman–Crippen MR) is 39.3 cm³/mol. The molecule has 0 heterocycles. The van der Waals surface area contributed by atoms with E-state index < -0.39 is 0 Å². The van der Waals surface area contributed by atoms with Gasteiger partial charge in [-0.05, 0) is 6.42 Å². The lowest BCUT2D eigenvalue weighted by Gasteiger charge is -1.89. The Balaban J connectivity index is 2.45. The van der Waals surface area contributed by atoms with Crippen LogP contribution in [0.2, 0.25) is 6.04 Å². The Morgan fingerprint density at radius 3 is 2.29 bits per heavy atom. The van der Waals surface area contributed by atoms with E-state index in [-0.39, 0.29) is 0 Å². The van der Waals surface area contributed by atoms with Gasteiger partial charge in [-0.3, -0.25) is 0 Å². The topological polar surface area (TPSA) is 0 Å². The molecule has 0 saturated carbocycles. The number of unbranched alkanes of at least 4 members (excludes halogenated alkanes) is 2. The van der Waals surface area contributed by atoms with Gasteiger partial charge in [-0.2, -0.15) is 0 Å². The largest absolute Gasteiger partial charge is 0.127 e. The summed E-state index contributed by atoms with van der Waals surface area (Å²) in [5, 5.41) is 0. The van der Waals surface area contributed by atoms with E-state index in [0.717, 1.165) is 5.88 Å². The quantitative estimate of drug-likeness (QED) is 0.310. The smallest absolute Gasteiger partial charge is 0.0223 e. The SMILES string of the molecule is [SiH3]CCCCCCl. The lowest BCUT2D eigenvalue weighted by Crippen LogP contribution is -1.75. The van der Waals surface area contributed by atoms with E-state index in [4.69, 9.17) is 11.6 Å². The van der Waals surface area contributed by atoms with Crippen LogP contribution in [0.15, 0.2) is 0 Å². The van der Waals surface area contributed by atoms with E-state index in [2.05, 4.69) is 0 Å². The first-order valence-corrected chi connectivity index (χ1v) is 4.92. The van der Waals surface area contributed by atoms with Crippen molar-refractivity contribution in [3.05, 3.63) is 0 Å². The highest BCUT2D eigenvalue weighted by molar-refractivity contribution is 6.17. The minimum Gasteiger partial charge on any atom is -0.127 e. The zero-order chi connectivity index (χ0) is 5.54. The van der Waals surface area contributed by atoms with E-state index >= 15 is 0 Å². The predicted octanol–water partition coefficient (Wildman–Crippen LogP) is 1.18. The van der Waals surface area contributed by atoms with Crippen molar-refractivity contribution in [3.63, 3.8) is 0 Å². The lowest BCUT2D eigenvalue weighted by atomic mass is 10.3. The molecule has 0 unspecified atom stereocenters. The second-order valence-electron chi connectivity index (χ2n) is 1.75. The Morgan fingerprint density at radius 1 is 1.14 bits per heavy atom. The van der Waals surface area contributed by atoms with Crippen LogP contribution in [-0.4, -0.2) is 16.1 Å². The van der Waals surface area contributed by atoms with Gasteiger partial charge in [0.1, 0.15) is 0 Å². The van der Waals surface area contributed by atoms with Crippen LogP contribution in [0, 0.1) is 0 Å². The molecular formula is C5H13ClSi. The summed E-state index contributed by atoms with van der Waals surface area (Å²) >= 11 is 5.45. The third kappa shape index (κ3) is 6.51. The maximum Gasteiger partial charge on any atom is 0.0223 e. The molecular weight excluding hydrogens is 124 g/mol. The van der Waals surface area contributed by atoms with Crippen LogP contribution in [-0.2, 0) is 0 Å². The van der Waals surface area contributed by atoms with E-state index in [0.29, 0.717) is 0 Å². The molecule has 7 heavy (non-hydrogen) atoms. The van der Waals surface area contributed by atoms with Crippen molar-refractivity contribution in [3.8, 4) is 0 Å². The van der Waals surface area contributed by atoms with Gasteiger partial charge < -0.3 is 0 Å². The molecule has 0 aliphatic heterocycles. The highest BCUT2D eigenvalue weighted by Crippen LogP contribution is 1.98. The highest BCUT2D eigenvalue weighted by atomic mass is 35.5. The van der Waals surface area contributed by atoms with Gasteiger partial charge in [0.25, 0.3) is 0 Å². The lowest BCUT2D eigenvalue weighted by molar-refractivity contribution is 0.775. The third-order valence-corrected chi connectivity index (χ3v) is 1.96. The van der Waals surface area contributed by atoms with Gasteiger partial charge in [0, 0.05) is 16.1 Å². The molecule has 0 amide bonds. The fourth-order valence-corrected chi connectivity index (χ4v) is 1.21. The molecule has 0 rings (SSSR count). The van der Waals surface area contributed by atoms with E-state index in [9.17, 15) is 0 Å². The number of halogens is 1. The molecule has 0 aromatic rings. The molecule has 0 spiro atoms. The van der Waals surface area contributed by atoms with Crippen molar-refractivity contribution in [2.75, 3.05) is 5.88 Å². The molecule has 0 radical (unpaired) electrons. The number of rotatable bonds is 4. The number of alkyl halides is 1. The number of hydrogen-bond acceptors (Lipinski definition) is 0. The van der Waals surface area contributed by atoms with Crippen molar-refractivity contribution >= 4 is 21.8 Å². The Hall–Kier alpha value is 0.507. The van der Waals surface area contributed by atoms with Crippen LogP contribution in [0.25, 0.3) is 0 Å². The first kappa shape index (κ1) is 7.51. The van der Waals surface area contributed by atoms with Crippen LogP contribution < -0.4 is 0 Å². The van der Waals surface area contributed by atoms with Gasteiger partial charge in [0.2, 0.25) is 0 Å². The molecule has 0 aromatic heterocycles. The molecule has 0 aliphatic rings. The van der Waals surface area contributed by atoms with E-state index in [1.54, 1.807) is 0 Å². The fraction of sp³-hybridized carbons (Fsp3) is 1.00. The molecule has 0 aliphatic carbocycles. The van der Waals surface area contributed by atoms with Crippen LogP contribution in [0.1, 0.15) is 19.3 Å². The van der Waals surface area contributed by atoms with Crippen molar-refractivity contribution in [2.45, 2.75) is 25.3 Å². The fourth-order valence-electron chi connectivity index (χ4n) is 0.521. The maximum atomic E-state index is 5.45. The van der Waals surface area contributed by atoms with Crippen LogP contribution in [0.3, 0.4) is 0 Å². The van der Waals surface area contributed by atoms with Gasteiger partial charge in [-0.25, -0.2) is 0 Å². The normalized spacial score (nSPS) is 9.86. The summed E-state index contributed by atoms with van der Waals surface area (Å²) in [5.41, 5.74) is 0. The van der Waals surface area contributed by atoms with Crippen LogP contribution in [0.4, 0.5) is 0 Å². The van der Waals surface area contributed by atoms with E-state index in [1.165, 1.54) is 35.5 Å².